The number of nitrogens with zero attached hydrogens (tertiary/aromatic N) is 3. The number of nitrogens with one attached hydrogen (secondary N) is 1. The summed E-state index contributed by atoms with van der Waals surface area (Å²) < 4.78 is 1.99. The van der Waals surface area contributed by atoms with E-state index >= 15 is 0 Å². The first-order valence-electron chi connectivity index (χ1n) is 5.46. The van der Waals surface area contributed by atoms with Crippen molar-refractivity contribution in [1.29, 1.82) is 0 Å². The van der Waals surface area contributed by atoms with E-state index in [0.29, 0.717) is 0 Å². The van der Waals surface area contributed by atoms with Gasteiger partial charge in [0.2, 0.25) is 0 Å². The predicted molar refractivity (Wildman–Crippen MR) is 57.2 cm³/mol. The minimum absolute atomic E-state index is 0.975. The summed E-state index contributed by atoms with van der Waals surface area (Å²) >= 11 is 0. The van der Waals surface area contributed by atoms with E-state index in [1.54, 1.807) is 0 Å². The quantitative estimate of drug-likeness (QED) is 0.667. The molecule has 80 valence electrons. The molecule has 0 atom stereocenters. The number of aryl methyl sites for hydroxylation is 1. The molecule has 0 aliphatic heterocycles. The molecule has 14 heavy (non-hydrogen) atoms. The van der Waals surface area contributed by atoms with E-state index in [9.17, 15) is 0 Å². The average molecular weight is 196 g/mol. The fourth-order valence-electron chi connectivity index (χ4n) is 1.39. The second-order valence-electron chi connectivity index (χ2n) is 3.45. The van der Waals surface area contributed by atoms with Crippen LogP contribution in [0.4, 0.5) is 0 Å². The summed E-state index contributed by atoms with van der Waals surface area (Å²) in [5.74, 6) is 0. The maximum atomic E-state index is 4.04. The average Bonchev–Trinajstić information content (AvgIpc) is 2.61. The van der Waals surface area contributed by atoms with Gasteiger partial charge in [-0.3, -0.25) is 0 Å². The predicted octanol–water partition coefficient (Wildman–Crippen LogP) is 1.23. The first-order valence-corrected chi connectivity index (χ1v) is 5.46. The van der Waals surface area contributed by atoms with Gasteiger partial charge in [0.25, 0.3) is 0 Å². The molecule has 1 aromatic heterocycles. The molecule has 0 aromatic carbocycles. The lowest BCUT2D eigenvalue weighted by molar-refractivity contribution is 0.546. The standard InChI is InChI=1S/C10H20N4/c1-3-6-11-7-5-10-9-12-13-14(10)8-4-2/h9,11H,3-8H2,1-2H3. The molecular formula is C10H20N4. The number of hydrogen-bond donors (Lipinski definition) is 1. The molecular weight excluding hydrogens is 176 g/mol. The van der Waals surface area contributed by atoms with Crippen molar-refractivity contribution in [3.63, 3.8) is 0 Å². The van der Waals surface area contributed by atoms with Gasteiger partial charge in [-0.1, -0.05) is 19.1 Å². The van der Waals surface area contributed by atoms with Crippen LogP contribution in [-0.4, -0.2) is 28.1 Å². The van der Waals surface area contributed by atoms with Crippen LogP contribution < -0.4 is 5.32 Å². The summed E-state index contributed by atoms with van der Waals surface area (Å²) in [4.78, 5) is 0. The molecule has 1 rings (SSSR count). The monoisotopic (exact) mass is 196 g/mol. The lowest BCUT2D eigenvalue weighted by atomic mass is 10.3. The third-order valence-corrected chi connectivity index (χ3v) is 2.12. The van der Waals surface area contributed by atoms with Crippen LogP contribution in [0.3, 0.4) is 0 Å². The van der Waals surface area contributed by atoms with Crippen molar-refractivity contribution < 1.29 is 0 Å². The Labute approximate surface area is 85.7 Å². The zero-order valence-corrected chi connectivity index (χ0v) is 9.16. The normalized spacial score (nSPS) is 10.7. The molecule has 0 aliphatic rings. The van der Waals surface area contributed by atoms with Gasteiger partial charge in [0.15, 0.2) is 0 Å². The van der Waals surface area contributed by atoms with Crippen LogP contribution in [0, 0.1) is 0 Å². The van der Waals surface area contributed by atoms with Crippen molar-refractivity contribution in [3.8, 4) is 0 Å². The first kappa shape index (κ1) is 11.2. The SMILES string of the molecule is CCCNCCc1cnnn1CCC. The lowest BCUT2D eigenvalue weighted by Crippen LogP contribution is -2.19. The molecule has 0 bridgehead atoms. The van der Waals surface area contributed by atoms with Crippen LogP contribution in [0.25, 0.3) is 0 Å². The molecule has 1 N–H and O–H groups in total. The second-order valence-corrected chi connectivity index (χ2v) is 3.45. The van der Waals surface area contributed by atoms with E-state index in [-0.39, 0.29) is 0 Å². The number of aromatic nitrogens is 3. The summed E-state index contributed by atoms with van der Waals surface area (Å²) in [6, 6.07) is 0. The summed E-state index contributed by atoms with van der Waals surface area (Å²) in [5, 5.41) is 11.3. The molecule has 0 saturated heterocycles. The second kappa shape index (κ2) is 6.54. The highest BCUT2D eigenvalue weighted by Gasteiger charge is 2.01. The fourth-order valence-corrected chi connectivity index (χ4v) is 1.39. The summed E-state index contributed by atoms with van der Waals surface area (Å²) in [5.41, 5.74) is 1.23. The van der Waals surface area contributed by atoms with E-state index < -0.39 is 0 Å². The van der Waals surface area contributed by atoms with Gasteiger partial charge in [-0.25, -0.2) is 4.68 Å². The van der Waals surface area contributed by atoms with Crippen LogP contribution in [0.5, 0.6) is 0 Å². The van der Waals surface area contributed by atoms with Crippen molar-refractivity contribution in [2.45, 2.75) is 39.7 Å². The number of hydrogen-bond acceptors (Lipinski definition) is 3. The molecule has 1 aromatic rings. The Hall–Kier alpha value is -0.900. The Kier molecular flexibility index (Phi) is 5.22. The van der Waals surface area contributed by atoms with Gasteiger partial charge in [-0.2, -0.15) is 0 Å². The van der Waals surface area contributed by atoms with Gasteiger partial charge in [-0.15, -0.1) is 5.10 Å². The van der Waals surface area contributed by atoms with Crippen molar-refractivity contribution in [2.24, 2.45) is 0 Å². The smallest absolute Gasteiger partial charge is 0.0725 e. The van der Waals surface area contributed by atoms with Crippen LogP contribution in [0.2, 0.25) is 0 Å². The van der Waals surface area contributed by atoms with Gasteiger partial charge in [0.1, 0.15) is 0 Å². The largest absolute Gasteiger partial charge is 0.316 e. The van der Waals surface area contributed by atoms with Gasteiger partial charge >= 0.3 is 0 Å². The van der Waals surface area contributed by atoms with E-state index in [4.69, 9.17) is 0 Å². The van der Waals surface area contributed by atoms with Crippen LogP contribution in [-0.2, 0) is 13.0 Å². The molecule has 0 spiro atoms. The van der Waals surface area contributed by atoms with Gasteiger partial charge in [0.05, 0.1) is 11.9 Å². The zero-order chi connectivity index (χ0) is 10.2. The number of rotatable bonds is 7. The Bertz CT molecular complexity index is 244. The first-order chi connectivity index (χ1) is 6.88. The molecule has 0 amide bonds. The maximum absolute atomic E-state index is 4.04. The fraction of sp³-hybridized carbons (Fsp3) is 0.800. The minimum atomic E-state index is 0.975. The Morgan fingerprint density at radius 2 is 2.14 bits per heavy atom. The molecule has 0 fully saturated rings. The van der Waals surface area contributed by atoms with E-state index in [2.05, 4.69) is 29.5 Å². The van der Waals surface area contributed by atoms with E-state index in [1.165, 1.54) is 12.1 Å². The van der Waals surface area contributed by atoms with Gasteiger partial charge < -0.3 is 5.32 Å². The Balaban J connectivity index is 2.30. The minimum Gasteiger partial charge on any atom is -0.316 e. The van der Waals surface area contributed by atoms with E-state index in [1.807, 2.05) is 10.9 Å². The van der Waals surface area contributed by atoms with Crippen LogP contribution >= 0.6 is 0 Å². The molecule has 1 heterocycles. The van der Waals surface area contributed by atoms with Crippen LogP contribution in [0.15, 0.2) is 6.20 Å². The third kappa shape index (κ3) is 3.46. The van der Waals surface area contributed by atoms with Gasteiger partial charge in [-0.05, 0) is 19.4 Å². The summed E-state index contributed by atoms with van der Waals surface area (Å²) in [6.07, 6.45) is 5.18. The summed E-state index contributed by atoms with van der Waals surface area (Å²) in [6.45, 7) is 7.42. The molecule has 0 saturated carbocycles. The Morgan fingerprint density at radius 1 is 1.29 bits per heavy atom. The molecule has 0 unspecified atom stereocenters. The third-order valence-electron chi connectivity index (χ3n) is 2.12. The van der Waals surface area contributed by atoms with Crippen LogP contribution in [0.1, 0.15) is 32.4 Å². The highest BCUT2D eigenvalue weighted by Crippen LogP contribution is 1.98. The lowest BCUT2D eigenvalue weighted by Gasteiger charge is -2.05. The highest BCUT2D eigenvalue weighted by molar-refractivity contribution is 4.94. The topological polar surface area (TPSA) is 42.7 Å². The molecule has 4 nitrogen and oxygen atoms in total. The molecule has 0 radical (unpaired) electrons. The van der Waals surface area contributed by atoms with E-state index in [0.717, 1.165) is 32.5 Å². The molecule has 4 heteroatoms. The van der Waals surface area contributed by atoms with Gasteiger partial charge in [0, 0.05) is 19.5 Å². The van der Waals surface area contributed by atoms with Crippen molar-refractivity contribution >= 4 is 0 Å². The van der Waals surface area contributed by atoms with Crippen molar-refractivity contribution in [1.82, 2.24) is 20.3 Å². The molecule has 0 aliphatic carbocycles. The summed E-state index contributed by atoms with van der Waals surface area (Å²) in [7, 11) is 0. The van der Waals surface area contributed by atoms with Crippen molar-refractivity contribution in [2.75, 3.05) is 13.1 Å². The Morgan fingerprint density at radius 3 is 2.86 bits per heavy atom. The van der Waals surface area contributed by atoms with Crippen molar-refractivity contribution in [3.05, 3.63) is 11.9 Å². The zero-order valence-electron chi connectivity index (χ0n) is 9.16. The highest BCUT2D eigenvalue weighted by atomic mass is 15.4. The maximum Gasteiger partial charge on any atom is 0.0725 e.